The Kier molecular flexibility index (Phi) is 5.39. The van der Waals surface area contributed by atoms with E-state index in [1.165, 1.54) is 24.5 Å². The molecule has 0 bridgehead atoms. The summed E-state index contributed by atoms with van der Waals surface area (Å²) in [6, 6.07) is 8.93. The number of amides is 1. The molecule has 1 saturated heterocycles. The fraction of sp³-hybridized carbons (Fsp3) is 0.190. The Morgan fingerprint density at radius 1 is 1.28 bits per heavy atom. The number of aromatic nitrogens is 2. The van der Waals surface area contributed by atoms with Crippen LogP contribution in [0.4, 0.5) is 15.9 Å². The molecule has 0 radical (unpaired) electrons. The highest BCUT2D eigenvalue weighted by atomic mass is 35.5. The lowest BCUT2D eigenvalue weighted by atomic mass is 9.97. The highest BCUT2D eigenvalue weighted by Crippen LogP contribution is 2.34. The van der Waals surface area contributed by atoms with Crippen molar-refractivity contribution in [3.05, 3.63) is 70.7 Å². The van der Waals surface area contributed by atoms with Gasteiger partial charge in [0, 0.05) is 24.4 Å². The Morgan fingerprint density at radius 3 is 2.90 bits per heavy atom. The number of nitrogens with zero attached hydrogens (tertiary/aromatic N) is 3. The third-order valence-corrected chi connectivity index (χ3v) is 5.87. The van der Waals surface area contributed by atoms with E-state index in [4.69, 9.17) is 23.2 Å². The number of anilines is 2. The largest absolute Gasteiger partial charge is 0.339 e. The van der Waals surface area contributed by atoms with Crippen molar-refractivity contribution < 1.29 is 9.18 Å². The standard InChI is InChI=1S/C21H17Cl2FN4O/c1-2-18(29)28-8-7-13(10-28)12-3-5-16-14(9-12)21(26-11-25-16)27-17-6-4-15(22)19(23)20(17)24/h2-6,9,11,13H,1,7-8,10H2,(H,25,26,27). The summed E-state index contributed by atoms with van der Waals surface area (Å²) >= 11 is 11.8. The fourth-order valence-electron chi connectivity index (χ4n) is 3.54. The van der Waals surface area contributed by atoms with Crippen molar-refractivity contribution in [3.63, 3.8) is 0 Å². The molecule has 8 heteroatoms. The lowest BCUT2D eigenvalue weighted by molar-refractivity contribution is -0.125. The molecule has 148 valence electrons. The van der Waals surface area contributed by atoms with Gasteiger partial charge in [-0.2, -0.15) is 0 Å². The summed E-state index contributed by atoms with van der Waals surface area (Å²) in [6.45, 7) is 4.88. The van der Waals surface area contributed by atoms with Crippen LogP contribution in [-0.2, 0) is 4.79 Å². The second kappa shape index (κ2) is 7.97. The van der Waals surface area contributed by atoms with Crippen molar-refractivity contribution in [3.8, 4) is 0 Å². The summed E-state index contributed by atoms with van der Waals surface area (Å²) in [4.78, 5) is 22.2. The number of carbonyl (C=O) groups excluding carboxylic acids is 1. The van der Waals surface area contributed by atoms with E-state index in [9.17, 15) is 9.18 Å². The van der Waals surface area contributed by atoms with Gasteiger partial charge in [-0.1, -0.05) is 35.8 Å². The number of likely N-dealkylation sites (tertiary alicyclic amines) is 1. The van der Waals surface area contributed by atoms with Crippen molar-refractivity contribution in [2.45, 2.75) is 12.3 Å². The SMILES string of the molecule is C=CC(=O)N1CCC(c2ccc3ncnc(Nc4ccc(Cl)c(Cl)c4F)c3c2)C1. The molecule has 1 unspecified atom stereocenters. The van der Waals surface area contributed by atoms with Crippen molar-refractivity contribution in [1.82, 2.24) is 14.9 Å². The molecule has 1 N–H and O–H groups in total. The van der Waals surface area contributed by atoms with Gasteiger partial charge >= 0.3 is 0 Å². The monoisotopic (exact) mass is 430 g/mol. The molecule has 0 spiro atoms. The Morgan fingerprint density at radius 2 is 2.10 bits per heavy atom. The summed E-state index contributed by atoms with van der Waals surface area (Å²) in [6.07, 6.45) is 3.62. The predicted molar refractivity (Wildman–Crippen MR) is 113 cm³/mol. The first-order valence-electron chi connectivity index (χ1n) is 9.04. The van der Waals surface area contributed by atoms with Crippen LogP contribution in [0.2, 0.25) is 10.0 Å². The zero-order valence-corrected chi connectivity index (χ0v) is 16.8. The average Bonchev–Trinajstić information content (AvgIpc) is 3.24. The highest BCUT2D eigenvalue weighted by molar-refractivity contribution is 6.42. The van der Waals surface area contributed by atoms with Gasteiger partial charge in [0.2, 0.25) is 5.91 Å². The fourth-order valence-corrected chi connectivity index (χ4v) is 3.85. The number of fused-ring (bicyclic) bond motifs is 1. The van der Waals surface area contributed by atoms with Gasteiger partial charge in [-0.05, 0) is 42.3 Å². The van der Waals surface area contributed by atoms with Gasteiger partial charge < -0.3 is 10.2 Å². The van der Waals surface area contributed by atoms with Crippen molar-refractivity contribution >= 4 is 51.5 Å². The Balaban J connectivity index is 1.68. The molecule has 0 aliphatic carbocycles. The molecule has 2 heterocycles. The van der Waals surface area contributed by atoms with E-state index in [0.717, 1.165) is 22.9 Å². The van der Waals surface area contributed by atoms with E-state index in [0.29, 0.717) is 18.9 Å². The lowest BCUT2D eigenvalue weighted by Gasteiger charge is -2.15. The van der Waals surface area contributed by atoms with Crippen LogP contribution >= 0.6 is 23.2 Å². The summed E-state index contributed by atoms with van der Waals surface area (Å²) < 4.78 is 14.5. The molecule has 3 aromatic rings. The van der Waals surface area contributed by atoms with E-state index in [1.807, 2.05) is 18.2 Å². The maximum absolute atomic E-state index is 14.5. The summed E-state index contributed by atoms with van der Waals surface area (Å²) in [5, 5.41) is 3.74. The number of benzene rings is 2. The van der Waals surface area contributed by atoms with Crippen LogP contribution in [0.25, 0.3) is 10.9 Å². The van der Waals surface area contributed by atoms with Crippen molar-refractivity contribution in [2.24, 2.45) is 0 Å². The maximum atomic E-state index is 14.5. The molecular weight excluding hydrogens is 414 g/mol. The van der Waals surface area contributed by atoms with Crippen LogP contribution < -0.4 is 5.32 Å². The first-order chi connectivity index (χ1) is 14.0. The van der Waals surface area contributed by atoms with Gasteiger partial charge in [0.25, 0.3) is 0 Å². The van der Waals surface area contributed by atoms with Crippen LogP contribution in [0.15, 0.2) is 49.3 Å². The summed E-state index contributed by atoms with van der Waals surface area (Å²) in [5.74, 6) is -0.0326. The van der Waals surface area contributed by atoms with Crippen molar-refractivity contribution in [2.75, 3.05) is 18.4 Å². The first kappa shape index (κ1) is 19.6. The molecule has 1 aliphatic heterocycles. The van der Waals surface area contributed by atoms with Gasteiger partial charge in [0.1, 0.15) is 12.1 Å². The van der Waals surface area contributed by atoms with Gasteiger partial charge in [-0.25, -0.2) is 14.4 Å². The molecule has 1 aromatic heterocycles. The molecule has 4 rings (SSSR count). The maximum Gasteiger partial charge on any atom is 0.245 e. The first-order valence-corrected chi connectivity index (χ1v) is 9.80. The molecule has 1 atom stereocenters. The Bertz CT molecular complexity index is 1120. The molecule has 1 aliphatic rings. The number of hydrogen-bond donors (Lipinski definition) is 1. The van der Waals surface area contributed by atoms with E-state index in [-0.39, 0.29) is 27.6 Å². The second-order valence-corrected chi connectivity index (χ2v) is 7.61. The topological polar surface area (TPSA) is 58.1 Å². The van der Waals surface area contributed by atoms with E-state index >= 15 is 0 Å². The van der Waals surface area contributed by atoms with Gasteiger partial charge in [0.15, 0.2) is 5.82 Å². The lowest BCUT2D eigenvalue weighted by Crippen LogP contribution is -2.26. The van der Waals surface area contributed by atoms with Crippen LogP contribution in [0, 0.1) is 5.82 Å². The van der Waals surface area contributed by atoms with Gasteiger partial charge in [-0.3, -0.25) is 4.79 Å². The Hall–Kier alpha value is -2.70. The number of rotatable bonds is 4. The zero-order valence-electron chi connectivity index (χ0n) is 15.3. The number of halogens is 3. The van der Waals surface area contributed by atoms with Crippen LogP contribution in [0.3, 0.4) is 0 Å². The smallest absolute Gasteiger partial charge is 0.245 e. The van der Waals surface area contributed by atoms with E-state index in [1.54, 1.807) is 4.90 Å². The molecular formula is C21H17Cl2FN4O. The predicted octanol–water partition coefficient (Wildman–Crippen LogP) is 5.32. The highest BCUT2D eigenvalue weighted by Gasteiger charge is 2.26. The number of nitrogens with one attached hydrogen (secondary N) is 1. The summed E-state index contributed by atoms with van der Waals surface area (Å²) in [5.41, 5.74) is 1.97. The normalized spacial score (nSPS) is 16.2. The Labute approximate surface area is 177 Å². The minimum Gasteiger partial charge on any atom is -0.339 e. The zero-order chi connectivity index (χ0) is 20.5. The quantitative estimate of drug-likeness (QED) is 0.449. The van der Waals surface area contributed by atoms with Crippen LogP contribution in [0.5, 0.6) is 0 Å². The molecule has 29 heavy (non-hydrogen) atoms. The second-order valence-electron chi connectivity index (χ2n) is 6.82. The number of carbonyl (C=O) groups is 1. The summed E-state index contributed by atoms with van der Waals surface area (Å²) in [7, 11) is 0. The van der Waals surface area contributed by atoms with E-state index < -0.39 is 5.82 Å². The minimum absolute atomic E-state index is 0.0610. The van der Waals surface area contributed by atoms with Crippen LogP contribution in [0.1, 0.15) is 17.9 Å². The number of hydrogen-bond acceptors (Lipinski definition) is 4. The van der Waals surface area contributed by atoms with Gasteiger partial charge in [-0.15, -0.1) is 0 Å². The molecule has 5 nitrogen and oxygen atoms in total. The van der Waals surface area contributed by atoms with Crippen molar-refractivity contribution in [1.29, 1.82) is 0 Å². The molecule has 1 amide bonds. The third kappa shape index (κ3) is 3.78. The average molecular weight is 431 g/mol. The van der Waals surface area contributed by atoms with E-state index in [2.05, 4.69) is 21.9 Å². The van der Waals surface area contributed by atoms with Gasteiger partial charge in [0.05, 0.1) is 21.2 Å². The minimum atomic E-state index is -0.642. The molecule has 0 saturated carbocycles. The molecule has 2 aromatic carbocycles. The van der Waals surface area contributed by atoms with Crippen LogP contribution in [-0.4, -0.2) is 33.9 Å². The third-order valence-electron chi connectivity index (χ3n) is 5.09. The molecule has 1 fully saturated rings.